The molecule has 0 aliphatic rings. The smallest absolute Gasteiger partial charge is 0.332 e. The molecule has 1 aromatic carbocycles. The van der Waals surface area contributed by atoms with Crippen LogP contribution < -0.4 is 0 Å². The number of rotatable bonds is 5. The maximum Gasteiger partial charge on any atom is 0.332 e. The van der Waals surface area contributed by atoms with E-state index in [0.717, 1.165) is 6.54 Å². The van der Waals surface area contributed by atoms with Gasteiger partial charge in [0.05, 0.1) is 0 Å². The predicted molar refractivity (Wildman–Crippen MR) is 64.3 cm³/mol. The Hall–Kier alpha value is -1.61. The molecule has 3 nitrogen and oxygen atoms in total. The molecule has 1 N–H and O–H groups in total. The SMILES string of the molecule is C=C(CN(C)Cc1cccc(C)c1)C(=O)O. The van der Waals surface area contributed by atoms with E-state index < -0.39 is 5.97 Å². The van der Waals surface area contributed by atoms with E-state index >= 15 is 0 Å². The highest BCUT2D eigenvalue weighted by Gasteiger charge is 2.07. The van der Waals surface area contributed by atoms with Gasteiger partial charge >= 0.3 is 5.97 Å². The Labute approximate surface area is 96.0 Å². The summed E-state index contributed by atoms with van der Waals surface area (Å²) in [5.74, 6) is -0.934. The maximum absolute atomic E-state index is 10.6. The number of hydrogen-bond donors (Lipinski definition) is 1. The zero-order valence-electron chi connectivity index (χ0n) is 9.73. The molecule has 0 saturated heterocycles. The van der Waals surface area contributed by atoms with Gasteiger partial charge in [0.2, 0.25) is 0 Å². The van der Waals surface area contributed by atoms with Crippen LogP contribution in [-0.4, -0.2) is 29.6 Å². The highest BCUT2D eigenvalue weighted by atomic mass is 16.4. The zero-order chi connectivity index (χ0) is 12.1. The second-order valence-electron chi connectivity index (χ2n) is 4.07. The van der Waals surface area contributed by atoms with Gasteiger partial charge in [-0.05, 0) is 19.5 Å². The van der Waals surface area contributed by atoms with Crippen LogP contribution in [0.3, 0.4) is 0 Å². The number of aliphatic carboxylic acids is 1. The summed E-state index contributed by atoms with van der Waals surface area (Å²) in [7, 11) is 1.89. The first-order chi connectivity index (χ1) is 7.49. The van der Waals surface area contributed by atoms with Crippen LogP contribution in [-0.2, 0) is 11.3 Å². The first-order valence-corrected chi connectivity index (χ1v) is 5.14. The van der Waals surface area contributed by atoms with Crippen molar-refractivity contribution in [3.63, 3.8) is 0 Å². The molecule has 1 aromatic rings. The normalized spacial score (nSPS) is 10.4. The van der Waals surface area contributed by atoms with Gasteiger partial charge in [0.1, 0.15) is 0 Å². The lowest BCUT2D eigenvalue weighted by Crippen LogP contribution is -2.23. The van der Waals surface area contributed by atoms with Crippen LogP contribution in [0, 0.1) is 6.92 Å². The summed E-state index contributed by atoms with van der Waals surface area (Å²) in [4.78, 5) is 12.6. The van der Waals surface area contributed by atoms with E-state index in [0.29, 0.717) is 6.54 Å². The molecule has 0 amide bonds. The fraction of sp³-hybridized carbons (Fsp3) is 0.308. The van der Waals surface area contributed by atoms with Crippen molar-refractivity contribution < 1.29 is 9.90 Å². The van der Waals surface area contributed by atoms with Crippen molar-refractivity contribution in [2.24, 2.45) is 0 Å². The van der Waals surface area contributed by atoms with E-state index in [2.05, 4.69) is 12.6 Å². The van der Waals surface area contributed by atoms with Crippen LogP contribution in [0.4, 0.5) is 0 Å². The van der Waals surface area contributed by atoms with Crippen molar-refractivity contribution in [2.75, 3.05) is 13.6 Å². The van der Waals surface area contributed by atoms with E-state index in [1.54, 1.807) is 0 Å². The second-order valence-corrected chi connectivity index (χ2v) is 4.07. The molecule has 0 unspecified atom stereocenters. The van der Waals surface area contributed by atoms with Gasteiger partial charge in [0.25, 0.3) is 0 Å². The Morgan fingerprint density at radius 3 is 2.75 bits per heavy atom. The van der Waals surface area contributed by atoms with E-state index in [1.165, 1.54) is 11.1 Å². The lowest BCUT2D eigenvalue weighted by atomic mass is 10.1. The lowest BCUT2D eigenvalue weighted by molar-refractivity contribution is -0.132. The summed E-state index contributed by atoms with van der Waals surface area (Å²) in [5, 5.41) is 8.71. The van der Waals surface area contributed by atoms with Gasteiger partial charge in [0, 0.05) is 18.7 Å². The van der Waals surface area contributed by atoms with E-state index in [4.69, 9.17) is 5.11 Å². The summed E-state index contributed by atoms with van der Waals surface area (Å²) >= 11 is 0. The summed E-state index contributed by atoms with van der Waals surface area (Å²) in [6.45, 7) is 6.66. The maximum atomic E-state index is 10.6. The fourth-order valence-electron chi connectivity index (χ4n) is 1.57. The van der Waals surface area contributed by atoms with Gasteiger partial charge < -0.3 is 5.11 Å². The number of aryl methyl sites for hydroxylation is 1. The molecule has 0 atom stereocenters. The summed E-state index contributed by atoms with van der Waals surface area (Å²) < 4.78 is 0. The van der Waals surface area contributed by atoms with Crippen molar-refractivity contribution in [1.29, 1.82) is 0 Å². The molecule has 1 rings (SSSR count). The highest BCUT2D eigenvalue weighted by Crippen LogP contribution is 2.07. The third kappa shape index (κ3) is 3.87. The van der Waals surface area contributed by atoms with Crippen LogP contribution in [0.2, 0.25) is 0 Å². The van der Waals surface area contributed by atoms with E-state index in [9.17, 15) is 4.79 Å². The molecular formula is C13H17NO2. The molecule has 0 aliphatic carbocycles. The van der Waals surface area contributed by atoms with Gasteiger partial charge in [-0.15, -0.1) is 0 Å². The molecule has 0 fully saturated rings. The second kappa shape index (κ2) is 5.47. The number of carbonyl (C=O) groups is 1. The van der Waals surface area contributed by atoms with Crippen LogP contribution in [0.15, 0.2) is 36.4 Å². The lowest BCUT2D eigenvalue weighted by Gasteiger charge is -2.16. The number of hydrogen-bond acceptors (Lipinski definition) is 2. The van der Waals surface area contributed by atoms with Crippen LogP contribution in [0.25, 0.3) is 0 Å². The molecule has 0 aromatic heterocycles. The predicted octanol–water partition coefficient (Wildman–Crippen LogP) is 2.07. The molecule has 0 bridgehead atoms. The monoisotopic (exact) mass is 219 g/mol. The number of carboxylic acids is 1. The number of nitrogens with zero attached hydrogens (tertiary/aromatic N) is 1. The quantitative estimate of drug-likeness (QED) is 0.771. The summed E-state index contributed by atoms with van der Waals surface area (Å²) in [6.07, 6.45) is 0. The van der Waals surface area contributed by atoms with Crippen molar-refractivity contribution in [1.82, 2.24) is 4.90 Å². The average molecular weight is 219 g/mol. The molecule has 0 spiro atoms. The first-order valence-electron chi connectivity index (χ1n) is 5.14. The first kappa shape index (κ1) is 12.5. The molecule has 0 aliphatic heterocycles. The molecular weight excluding hydrogens is 202 g/mol. The van der Waals surface area contributed by atoms with Crippen LogP contribution in [0.1, 0.15) is 11.1 Å². The molecule has 16 heavy (non-hydrogen) atoms. The molecule has 3 heteroatoms. The molecule has 0 radical (unpaired) electrons. The average Bonchev–Trinajstić information content (AvgIpc) is 2.16. The number of likely N-dealkylation sites (N-methyl/N-ethyl adjacent to an activating group) is 1. The van der Waals surface area contributed by atoms with Crippen molar-refractivity contribution >= 4 is 5.97 Å². The Kier molecular flexibility index (Phi) is 4.26. The third-order valence-corrected chi connectivity index (χ3v) is 2.30. The Bertz CT molecular complexity index is 399. The summed E-state index contributed by atoms with van der Waals surface area (Å²) in [5.41, 5.74) is 2.61. The minimum atomic E-state index is -0.934. The van der Waals surface area contributed by atoms with Crippen molar-refractivity contribution in [3.05, 3.63) is 47.5 Å². The Morgan fingerprint density at radius 2 is 2.19 bits per heavy atom. The topological polar surface area (TPSA) is 40.5 Å². The Balaban J connectivity index is 2.55. The zero-order valence-corrected chi connectivity index (χ0v) is 9.73. The standard InChI is InChI=1S/C13H17NO2/c1-10-5-4-6-12(7-10)9-14(3)8-11(2)13(15)16/h4-7H,2,8-9H2,1,3H3,(H,15,16). The number of benzene rings is 1. The largest absolute Gasteiger partial charge is 0.478 e. The van der Waals surface area contributed by atoms with Crippen LogP contribution >= 0.6 is 0 Å². The van der Waals surface area contributed by atoms with Crippen LogP contribution in [0.5, 0.6) is 0 Å². The van der Waals surface area contributed by atoms with Gasteiger partial charge in [0.15, 0.2) is 0 Å². The molecule has 0 saturated carbocycles. The number of carboxylic acid groups (broad SMARTS) is 1. The van der Waals surface area contributed by atoms with Gasteiger partial charge in [-0.25, -0.2) is 4.79 Å². The van der Waals surface area contributed by atoms with E-state index in [-0.39, 0.29) is 5.57 Å². The minimum Gasteiger partial charge on any atom is -0.478 e. The minimum absolute atomic E-state index is 0.218. The van der Waals surface area contributed by atoms with E-state index in [1.807, 2.05) is 37.1 Å². The highest BCUT2D eigenvalue weighted by molar-refractivity contribution is 5.86. The third-order valence-electron chi connectivity index (χ3n) is 2.30. The van der Waals surface area contributed by atoms with Gasteiger partial charge in [-0.1, -0.05) is 36.4 Å². The van der Waals surface area contributed by atoms with Gasteiger partial charge in [-0.2, -0.15) is 0 Å². The fourth-order valence-corrected chi connectivity index (χ4v) is 1.57. The van der Waals surface area contributed by atoms with Crippen molar-refractivity contribution in [3.8, 4) is 0 Å². The van der Waals surface area contributed by atoms with Gasteiger partial charge in [-0.3, -0.25) is 4.90 Å². The molecule has 86 valence electrons. The molecule has 0 heterocycles. The summed E-state index contributed by atoms with van der Waals surface area (Å²) in [6, 6.07) is 8.18. The van der Waals surface area contributed by atoms with Crippen molar-refractivity contribution in [2.45, 2.75) is 13.5 Å². The Morgan fingerprint density at radius 1 is 1.50 bits per heavy atom.